The maximum Gasteiger partial charge on any atom is 0.310 e. The second-order valence-electron chi connectivity index (χ2n) is 5.35. The number of carbonyl (C=O) groups excluding carboxylic acids is 3. The standard InChI is InChI=1S/C18H17FN2O4/c1-11-3-5-13(6-4-11)16(22)18(24)21-20-17(23)12(2)25-15-9-7-14(19)8-10-15/h3-10,12H,1-2H3,(H,20,23)(H,21,24). The second kappa shape index (κ2) is 8.05. The van der Waals surface area contributed by atoms with Crippen LogP contribution in [0.1, 0.15) is 22.8 Å². The van der Waals surface area contributed by atoms with Crippen LogP contribution in [0, 0.1) is 12.7 Å². The number of Topliss-reactive ketones (excluding diaryl/α,β-unsaturated/α-hetero) is 1. The molecule has 0 bridgehead atoms. The third kappa shape index (κ3) is 5.13. The van der Waals surface area contributed by atoms with Gasteiger partial charge in [0.15, 0.2) is 6.10 Å². The maximum atomic E-state index is 12.8. The third-order valence-electron chi connectivity index (χ3n) is 3.31. The van der Waals surface area contributed by atoms with Crippen molar-refractivity contribution in [2.45, 2.75) is 20.0 Å². The number of nitrogens with one attached hydrogen (secondary N) is 2. The van der Waals surface area contributed by atoms with Gasteiger partial charge in [0, 0.05) is 5.56 Å². The monoisotopic (exact) mass is 344 g/mol. The van der Waals surface area contributed by atoms with Crippen LogP contribution in [0.15, 0.2) is 48.5 Å². The van der Waals surface area contributed by atoms with E-state index in [2.05, 4.69) is 5.43 Å². The molecule has 130 valence electrons. The third-order valence-corrected chi connectivity index (χ3v) is 3.31. The van der Waals surface area contributed by atoms with Crippen LogP contribution >= 0.6 is 0 Å². The summed E-state index contributed by atoms with van der Waals surface area (Å²) in [5.74, 6) is -2.52. The van der Waals surface area contributed by atoms with E-state index in [0.717, 1.165) is 5.56 Å². The van der Waals surface area contributed by atoms with Crippen LogP contribution in [-0.2, 0) is 9.59 Å². The van der Waals surface area contributed by atoms with E-state index in [1.807, 2.05) is 12.3 Å². The zero-order chi connectivity index (χ0) is 18.4. The van der Waals surface area contributed by atoms with E-state index in [-0.39, 0.29) is 5.56 Å². The highest BCUT2D eigenvalue weighted by molar-refractivity contribution is 6.42. The maximum absolute atomic E-state index is 12.8. The summed E-state index contributed by atoms with van der Waals surface area (Å²) >= 11 is 0. The number of halogens is 1. The Hall–Kier alpha value is -3.22. The molecule has 2 aromatic carbocycles. The quantitative estimate of drug-likeness (QED) is 0.493. The first-order valence-corrected chi connectivity index (χ1v) is 7.50. The highest BCUT2D eigenvalue weighted by Gasteiger charge is 2.19. The normalized spacial score (nSPS) is 11.3. The minimum absolute atomic E-state index is 0.216. The lowest BCUT2D eigenvalue weighted by Crippen LogP contribution is -2.49. The highest BCUT2D eigenvalue weighted by Crippen LogP contribution is 2.12. The van der Waals surface area contributed by atoms with Crippen molar-refractivity contribution in [1.82, 2.24) is 10.9 Å². The van der Waals surface area contributed by atoms with Gasteiger partial charge in [0.2, 0.25) is 0 Å². The first kappa shape index (κ1) is 18.1. The fraction of sp³-hybridized carbons (Fsp3) is 0.167. The van der Waals surface area contributed by atoms with E-state index in [1.165, 1.54) is 43.3 Å². The number of carbonyl (C=O) groups is 3. The van der Waals surface area contributed by atoms with E-state index in [4.69, 9.17) is 4.74 Å². The summed E-state index contributed by atoms with van der Waals surface area (Å²) < 4.78 is 18.1. The van der Waals surface area contributed by atoms with Crippen molar-refractivity contribution in [2.75, 3.05) is 0 Å². The van der Waals surface area contributed by atoms with Crippen LogP contribution < -0.4 is 15.6 Å². The zero-order valence-corrected chi connectivity index (χ0v) is 13.7. The molecule has 25 heavy (non-hydrogen) atoms. The first-order chi connectivity index (χ1) is 11.9. The number of benzene rings is 2. The van der Waals surface area contributed by atoms with Gasteiger partial charge >= 0.3 is 5.91 Å². The Morgan fingerprint density at radius 2 is 1.56 bits per heavy atom. The predicted octanol–water partition coefficient (Wildman–Crippen LogP) is 1.93. The molecule has 0 radical (unpaired) electrons. The van der Waals surface area contributed by atoms with Crippen molar-refractivity contribution >= 4 is 17.6 Å². The van der Waals surface area contributed by atoms with Crippen LogP contribution in [0.2, 0.25) is 0 Å². The average molecular weight is 344 g/mol. The lowest BCUT2D eigenvalue weighted by Gasteiger charge is -2.15. The number of hydrogen-bond acceptors (Lipinski definition) is 4. The predicted molar refractivity (Wildman–Crippen MR) is 88.3 cm³/mol. The van der Waals surface area contributed by atoms with Crippen LogP contribution in [0.3, 0.4) is 0 Å². The largest absolute Gasteiger partial charge is 0.481 e. The minimum atomic E-state index is -0.966. The van der Waals surface area contributed by atoms with E-state index in [1.54, 1.807) is 12.1 Å². The SMILES string of the molecule is Cc1ccc(C(=O)C(=O)NNC(=O)C(C)Oc2ccc(F)cc2)cc1. The number of rotatable bonds is 5. The molecular formula is C18H17FN2O4. The van der Waals surface area contributed by atoms with Crippen molar-refractivity contribution < 1.29 is 23.5 Å². The molecule has 1 atom stereocenters. The topological polar surface area (TPSA) is 84.5 Å². The van der Waals surface area contributed by atoms with E-state index in [9.17, 15) is 18.8 Å². The molecule has 6 nitrogen and oxygen atoms in total. The highest BCUT2D eigenvalue weighted by atomic mass is 19.1. The Bertz CT molecular complexity index is 773. The van der Waals surface area contributed by atoms with Crippen LogP contribution in [0.5, 0.6) is 5.75 Å². The molecule has 0 aliphatic rings. The van der Waals surface area contributed by atoms with Gasteiger partial charge in [-0.05, 0) is 38.1 Å². The van der Waals surface area contributed by atoms with Crippen molar-refractivity contribution in [2.24, 2.45) is 0 Å². The van der Waals surface area contributed by atoms with Gasteiger partial charge in [-0.3, -0.25) is 25.2 Å². The number of hydrazine groups is 1. The Kier molecular flexibility index (Phi) is 5.84. The summed E-state index contributed by atoms with van der Waals surface area (Å²) in [7, 11) is 0. The van der Waals surface area contributed by atoms with Crippen LogP contribution in [0.25, 0.3) is 0 Å². The molecule has 0 aliphatic carbocycles. The smallest absolute Gasteiger partial charge is 0.310 e. The molecule has 0 saturated carbocycles. The molecule has 2 rings (SSSR count). The van der Waals surface area contributed by atoms with Gasteiger partial charge in [0.1, 0.15) is 11.6 Å². The summed E-state index contributed by atoms with van der Waals surface area (Å²) in [6, 6.07) is 11.6. The molecule has 2 aromatic rings. The van der Waals surface area contributed by atoms with Gasteiger partial charge in [0.05, 0.1) is 0 Å². The molecule has 0 heterocycles. The number of aryl methyl sites for hydroxylation is 1. The summed E-state index contributed by atoms with van der Waals surface area (Å²) in [4.78, 5) is 35.6. The van der Waals surface area contributed by atoms with Gasteiger partial charge in [-0.1, -0.05) is 29.8 Å². The number of ether oxygens (including phenoxy) is 1. The molecule has 0 spiro atoms. The molecule has 2 N–H and O–H groups in total. The fourth-order valence-electron chi connectivity index (χ4n) is 1.88. The van der Waals surface area contributed by atoms with Crippen LogP contribution in [-0.4, -0.2) is 23.7 Å². The zero-order valence-electron chi connectivity index (χ0n) is 13.7. The minimum Gasteiger partial charge on any atom is -0.481 e. The molecule has 2 amide bonds. The number of amides is 2. The van der Waals surface area contributed by atoms with Crippen molar-refractivity contribution in [3.05, 3.63) is 65.5 Å². The van der Waals surface area contributed by atoms with E-state index >= 15 is 0 Å². The van der Waals surface area contributed by atoms with Gasteiger partial charge in [-0.15, -0.1) is 0 Å². The Morgan fingerprint density at radius 1 is 0.960 bits per heavy atom. The van der Waals surface area contributed by atoms with E-state index < -0.39 is 29.5 Å². The summed E-state index contributed by atoms with van der Waals surface area (Å²) in [6.45, 7) is 3.31. The van der Waals surface area contributed by atoms with Gasteiger partial charge < -0.3 is 4.74 Å². The number of ketones is 1. The Morgan fingerprint density at radius 3 is 2.16 bits per heavy atom. The summed E-state index contributed by atoms with van der Waals surface area (Å²) in [5, 5.41) is 0. The molecule has 0 fully saturated rings. The lowest BCUT2D eigenvalue weighted by atomic mass is 10.1. The van der Waals surface area contributed by atoms with Crippen LogP contribution in [0.4, 0.5) is 4.39 Å². The van der Waals surface area contributed by atoms with Gasteiger partial charge in [-0.2, -0.15) is 0 Å². The average Bonchev–Trinajstić information content (AvgIpc) is 2.61. The van der Waals surface area contributed by atoms with Crippen molar-refractivity contribution in [3.8, 4) is 5.75 Å². The molecule has 7 heteroatoms. The van der Waals surface area contributed by atoms with Crippen molar-refractivity contribution in [1.29, 1.82) is 0 Å². The lowest BCUT2D eigenvalue weighted by molar-refractivity contribution is -0.131. The van der Waals surface area contributed by atoms with E-state index in [0.29, 0.717) is 5.75 Å². The molecule has 1 unspecified atom stereocenters. The second-order valence-corrected chi connectivity index (χ2v) is 5.35. The molecule has 0 aliphatic heterocycles. The molecule has 0 saturated heterocycles. The Balaban J connectivity index is 1.85. The molecule has 0 aromatic heterocycles. The summed E-state index contributed by atoms with van der Waals surface area (Å²) in [5.41, 5.74) is 5.33. The summed E-state index contributed by atoms with van der Waals surface area (Å²) in [6.07, 6.45) is -0.958. The van der Waals surface area contributed by atoms with Gasteiger partial charge in [-0.25, -0.2) is 4.39 Å². The van der Waals surface area contributed by atoms with Gasteiger partial charge in [0.25, 0.3) is 11.7 Å². The van der Waals surface area contributed by atoms with Crippen molar-refractivity contribution in [3.63, 3.8) is 0 Å². The first-order valence-electron chi connectivity index (χ1n) is 7.50. The fourth-order valence-corrected chi connectivity index (χ4v) is 1.88. The number of hydrogen-bond donors (Lipinski definition) is 2. The Labute approximate surface area is 144 Å². The molecular weight excluding hydrogens is 327 g/mol.